The van der Waals surface area contributed by atoms with E-state index in [-0.39, 0.29) is 6.04 Å². The maximum Gasteiger partial charge on any atom is 0.0705 e. The molecule has 1 heterocycles. The van der Waals surface area contributed by atoms with Crippen LogP contribution in [0.3, 0.4) is 0 Å². The zero-order valence-electron chi connectivity index (χ0n) is 12.5. The van der Waals surface area contributed by atoms with Gasteiger partial charge in [-0.05, 0) is 42.3 Å². The Hall–Kier alpha value is -2.19. The largest absolute Gasteiger partial charge is 0.309 e. The highest BCUT2D eigenvalue weighted by molar-refractivity contribution is 5.79. The summed E-state index contributed by atoms with van der Waals surface area (Å²) in [4.78, 5) is 4.45. The average Bonchev–Trinajstić information content (AvgIpc) is 2.56. The van der Waals surface area contributed by atoms with Gasteiger partial charge < -0.3 is 5.32 Å². The number of hydrogen-bond donors (Lipinski definition) is 1. The minimum absolute atomic E-state index is 0.197. The number of aromatic nitrogens is 1. The van der Waals surface area contributed by atoms with Gasteiger partial charge in [-0.1, -0.05) is 49.4 Å². The molecule has 106 valence electrons. The van der Waals surface area contributed by atoms with E-state index in [4.69, 9.17) is 0 Å². The van der Waals surface area contributed by atoms with Gasteiger partial charge >= 0.3 is 0 Å². The van der Waals surface area contributed by atoms with Crippen LogP contribution in [0.4, 0.5) is 0 Å². The molecule has 1 atom stereocenters. The van der Waals surface area contributed by atoms with Crippen molar-refractivity contribution in [2.75, 3.05) is 7.05 Å². The van der Waals surface area contributed by atoms with Gasteiger partial charge in [0.15, 0.2) is 0 Å². The Balaban J connectivity index is 2.00. The second-order valence-electron chi connectivity index (χ2n) is 5.27. The van der Waals surface area contributed by atoms with Gasteiger partial charge in [-0.15, -0.1) is 0 Å². The molecule has 0 saturated heterocycles. The Labute approximate surface area is 125 Å². The van der Waals surface area contributed by atoms with Crippen LogP contribution in [0, 0.1) is 0 Å². The van der Waals surface area contributed by atoms with E-state index >= 15 is 0 Å². The van der Waals surface area contributed by atoms with Gasteiger partial charge in [0, 0.05) is 11.6 Å². The molecule has 2 nitrogen and oxygen atoms in total. The zero-order valence-corrected chi connectivity index (χ0v) is 12.5. The van der Waals surface area contributed by atoms with Gasteiger partial charge in [0.05, 0.1) is 11.6 Å². The summed E-state index contributed by atoms with van der Waals surface area (Å²) in [5.41, 5.74) is 4.94. The molecular formula is C19H20N2. The van der Waals surface area contributed by atoms with Gasteiger partial charge in [-0.2, -0.15) is 0 Å². The summed E-state index contributed by atoms with van der Waals surface area (Å²) >= 11 is 0. The first-order chi connectivity index (χ1) is 10.3. The lowest BCUT2D eigenvalue weighted by Crippen LogP contribution is -2.17. The van der Waals surface area contributed by atoms with Gasteiger partial charge in [-0.25, -0.2) is 0 Å². The average molecular weight is 276 g/mol. The number of benzene rings is 2. The van der Waals surface area contributed by atoms with E-state index in [2.05, 4.69) is 65.8 Å². The molecule has 0 radical (unpaired) electrons. The fourth-order valence-corrected chi connectivity index (χ4v) is 2.73. The van der Waals surface area contributed by atoms with Crippen LogP contribution in [0.25, 0.3) is 10.9 Å². The Morgan fingerprint density at radius 1 is 1.00 bits per heavy atom. The van der Waals surface area contributed by atoms with Crippen LogP contribution in [0.1, 0.15) is 29.7 Å². The van der Waals surface area contributed by atoms with Crippen molar-refractivity contribution < 1.29 is 0 Å². The number of nitrogens with one attached hydrogen (secondary N) is 1. The molecular weight excluding hydrogens is 256 g/mol. The minimum atomic E-state index is 0.197. The number of hydrogen-bond acceptors (Lipinski definition) is 2. The highest BCUT2D eigenvalue weighted by atomic mass is 14.9. The Morgan fingerprint density at radius 3 is 2.48 bits per heavy atom. The lowest BCUT2D eigenvalue weighted by Gasteiger charge is -2.18. The predicted octanol–water partition coefficient (Wildman–Crippen LogP) is 4.11. The maximum atomic E-state index is 4.45. The summed E-state index contributed by atoms with van der Waals surface area (Å²) in [6.45, 7) is 2.18. The van der Waals surface area contributed by atoms with Gasteiger partial charge in [0.2, 0.25) is 0 Å². The third-order valence-electron chi connectivity index (χ3n) is 3.97. The standard InChI is InChI=1S/C19H20N2/c1-3-14-6-8-16(9-7-14)19(20-2)17-11-10-15-5-4-12-21-18(15)13-17/h4-13,19-20H,3H2,1-2H3. The number of fused-ring (bicyclic) bond motifs is 1. The summed E-state index contributed by atoms with van der Waals surface area (Å²) in [5.74, 6) is 0. The smallest absolute Gasteiger partial charge is 0.0705 e. The molecule has 2 aromatic carbocycles. The maximum absolute atomic E-state index is 4.45. The van der Waals surface area contributed by atoms with Crippen molar-refractivity contribution in [3.05, 3.63) is 77.5 Å². The van der Waals surface area contributed by atoms with Crippen LogP contribution >= 0.6 is 0 Å². The molecule has 3 aromatic rings. The summed E-state index contributed by atoms with van der Waals surface area (Å²) in [7, 11) is 2.00. The van der Waals surface area contributed by atoms with E-state index in [1.165, 1.54) is 22.1 Å². The molecule has 0 saturated carbocycles. The van der Waals surface area contributed by atoms with Crippen molar-refractivity contribution >= 4 is 10.9 Å². The van der Waals surface area contributed by atoms with Crippen molar-refractivity contribution in [3.8, 4) is 0 Å². The fourth-order valence-electron chi connectivity index (χ4n) is 2.73. The van der Waals surface area contributed by atoms with Crippen molar-refractivity contribution in [1.29, 1.82) is 0 Å². The normalized spacial score (nSPS) is 12.5. The quantitative estimate of drug-likeness (QED) is 0.776. The fraction of sp³-hybridized carbons (Fsp3) is 0.211. The van der Waals surface area contributed by atoms with Crippen molar-refractivity contribution in [2.24, 2.45) is 0 Å². The first-order valence-electron chi connectivity index (χ1n) is 7.42. The summed E-state index contributed by atoms with van der Waals surface area (Å²) < 4.78 is 0. The van der Waals surface area contributed by atoms with Crippen molar-refractivity contribution in [3.63, 3.8) is 0 Å². The third kappa shape index (κ3) is 2.81. The van der Waals surface area contributed by atoms with Crippen LogP contribution in [-0.2, 0) is 6.42 Å². The molecule has 2 heteroatoms. The van der Waals surface area contributed by atoms with E-state index in [9.17, 15) is 0 Å². The SMILES string of the molecule is CCc1ccc(C(NC)c2ccc3cccnc3c2)cc1. The number of rotatable bonds is 4. The molecule has 1 unspecified atom stereocenters. The van der Waals surface area contributed by atoms with Gasteiger partial charge in [0.1, 0.15) is 0 Å². The molecule has 0 fully saturated rings. The molecule has 0 aliphatic carbocycles. The van der Waals surface area contributed by atoms with E-state index in [1.807, 2.05) is 19.3 Å². The number of nitrogens with zero attached hydrogens (tertiary/aromatic N) is 1. The first-order valence-corrected chi connectivity index (χ1v) is 7.42. The summed E-state index contributed by atoms with van der Waals surface area (Å²) in [6, 6.07) is 19.6. The second-order valence-corrected chi connectivity index (χ2v) is 5.27. The molecule has 1 aromatic heterocycles. The third-order valence-corrected chi connectivity index (χ3v) is 3.97. The molecule has 0 spiro atoms. The Bertz CT molecular complexity index is 732. The summed E-state index contributed by atoms with van der Waals surface area (Å²) in [5, 5.41) is 4.59. The monoisotopic (exact) mass is 276 g/mol. The van der Waals surface area contributed by atoms with Crippen molar-refractivity contribution in [1.82, 2.24) is 10.3 Å². The summed E-state index contributed by atoms with van der Waals surface area (Å²) in [6.07, 6.45) is 2.92. The minimum Gasteiger partial charge on any atom is -0.309 e. The highest BCUT2D eigenvalue weighted by Gasteiger charge is 2.12. The predicted molar refractivity (Wildman–Crippen MR) is 88.5 cm³/mol. The topological polar surface area (TPSA) is 24.9 Å². The molecule has 21 heavy (non-hydrogen) atoms. The molecule has 0 amide bonds. The van der Waals surface area contributed by atoms with Crippen LogP contribution in [0.5, 0.6) is 0 Å². The second kappa shape index (κ2) is 6.06. The first kappa shape index (κ1) is 13.8. The van der Waals surface area contributed by atoms with Crippen molar-refractivity contribution in [2.45, 2.75) is 19.4 Å². The van der Waals surface area contributed by atoms with Gasteiger partial charge in [0.25, 0.3) is 0 Å². The van der Waals surface area contributed by atoms with E-state index in [1.54, 1.807) is 0 Å². The van der Waals surface area contributed by atoms with Gasteiger partial charge in [-0.3, -0.25) is 4.98 Å². The molecule has 3 rings (SSSR count). The Morgan fingerprint density at radius 2 is 1.76 bits per heavy atom. The Kier molecular flexibility index (Phi) is 3.98. The van der Waals surface area contributed by atoms with Crippen LogP contribution in [0.2, 0.25) is 0 Å². The lowest BCUT2D eigenvalue weighted by atomic mass is 9.96. The van der Waals surface area contributed by atoms with E-state index in [0.29, 0.717) is 0 Å². The molecule has 0 bridgehead atoms. The molecule has 0 aliphatic heterocycles. The molecule has 0 aliphatic rings. The van der Waals surface area contributed by atoms with E-state index < -0.39 is 0 Å². The lowest BCUT2D eigenvalue weighted by molar-refractivity contribution is 0.692. The highest BCUT2D eigenvalue weighted by Crippen LogP contribution is 2.25. The van der Waals surface area contributed by atoms with Crippen LogP contribution in [-0.4, -0.2) is 12.0 Å². The molecule has 1 N–H and O–H groups in total. The number of pyridine rings is 1. The number of aryl methyl sites for hydroxylation is 1. The zero-order chi connectivity index (χ0) is 14.7. The van der Waals surface area contributed by atoms with Crippen LogP contribution < -0.4 is 5.32 Å². The van der Waals surface area contributed by atoms with E-state index in [0.717, 1.165) is 11.9 Å². The van der Waals surface area contributed by atoms with Crippen LogP contribution in [0.15, 0.2) is 60.8 Å².